The summed E-state index contributed by atoms with van der Waals surface area (Å²) in [6.45, 7) is 2.19. The molecular formula is C16H13ClN2O. The molecule has 0 radical (unpaired) electrons. The monoisotopic (exact) mass is 284 g/mol. The third-order valence-electron chi connectivity index (χ3n) is 3.02. The fraction of sp³-hybridized carbons (Fsp3) is 0.125. The van der Waals surface area contributed by atoms with E-state index in [1.807, 2.05) is 13.0 Å². The number of rotatable bonds is 3. The number of hydrogen-bond donors (Lipinski definition) is 1. The standard InChI is InChI=1S/C16H13ClN2O/c1-11-14(6-3-7-15(11)17)16(20)19-10-13-5-2-4-12(8-13)9-18/h2-8H,10H2,1H3,(H,19,20). The Morgan fingerprint density at radius 1 is 1.30 bits per heavy atom. The maximum atomic E-state index is 12.1. The van der Waals surface area contributed by atoms with Crippen LogP contribution in [0.3, 0.4) is 0 Å². The van der Waals surface area contributed by atoms with E-state index in [0.29, 0.717) is 22.7 Å². The number of hydrogen-bond acceptors (Lipinski definition) is 2. The quantitative estimate of drug-likeness (QED) is 0.938. The first-order valence-corrected chi connectivity index (χ1v) is 6.52. The minimum absolute atomic E-state index is 0.174. The van der Waals surface area contributed by atoms with Crippen LogP contribution in [0.5, 0.6) is 0 Å². The summed E-state index contributed by atoms with van der Waals surface area (Å²) in [5.74, 6) is -0.174. The number of amides is 1. The Labute approximate surface area is 122 Å². The van der Waals surface area contributed by atoms with Gasteiger partial charge in [0.25, 0.3) is 5.91 Å². The van der Waals surface area contributed by atoms with Gasteiger partial charge in [-0.3, -0.25) is 4.79 Å². The Morgan fingerprint density at radius 3 is 2.80 bits per heavy atom. The molecule has 0 saturated carbocycles. The van der Waals surface area contributed by atoms with E-state index >= 15 is 0 Å². The van der Waals surface area contributed by atoms with Gasteiger partial charge in [-0.2, -0.15) is 5.26 Å². The smallest absolute Gasteiger partial charge is 0.251 e. The van der Waals surface area contributed by atoms with Gasteiger partial charge in [0, 0.05) is 17.1 Å². The van der Waals surface area contributed by atoms with Crippen molar-refractivity contribution < 1.29 is 4.79 Å². The van der Waals surface area contributed by atoms with Gasteiger partial charge in [0.2, 0.25) is 0 Å². The van der Waals surface area contributed by atoms with E-state index in [1.54, 1.807) is 36.4 Å². The van der Waals surface area contributed by atoms with Crippen molar-refractivity contribution in [3.63, 3.8) is 0 Å². The second-order valence-corrected chi connectivity index (χ2v) is 4.81. The molecule has 0 saturated heterocycles. The SMILES string of the molecule is Cc1c(Cl)cccc1C(=O)NCc1cccc(C#N)c1. The lowest BCUT2D eigenvalue weighted by molar-refractivity contribution is 0.0950. The number of carbonyl (C=O) groups is 1. The lowest BCUT2D eigenvalue weighted by Gasteiger charge is -2.09. The van der Waals surface area contributed by atoms with E-state index < -0.39 is 0 Å². The highest BCUT2D eigenvalue weighted by Gasteiger charge is 2.10. The molecule has 0 atom stereocenters. The van der Waals surface area contributed by atoms with E-state index in [9.17, 15) is 4.79 Å². The topological polar surface area (TPSA) is 52.9 Å². The zero-order valence-electron chi connectivity index (χ0n) is 11.0. The van der Waals surface area contributed by atoms with Crippen LogP contribution in [0, 0.1) is 18.3 Å². The number of nitrogens with zero attached hydrogens (tertiary/aromatic N) is 1. The maximum Gasteiger partial charge on any atom is 0.251 e. The van der Waals surface area contributed by atoms with Gasteiger partial charge in [0.05, 0.1) is 11.6 Å². The zero-order valence-corrected chi connectivity index (χ0v) is 11.7. The van der Waals surface area contributed by atoms with Gasteiger partial charge in [0.15, 0.2) is 0 Å². The number of nitriles is 1. The van der Waals surface area contributed by atoms with Crippen molar-refractivity contribution in [2.24, 2.45) is 0 Å². The van der Waals surface area contributed by atoms with E-state index in [-0.39, 0.29) is 5.91 Å². The van der Waals surface area contributed by atoms with E-state index in [4.69, 9.17) is 16.9 Å². The maximum absolute atomic E-state index is 12.1. The van der Waals surface area contributed by atoms with Crippen LogP contribution in [-0.4, -0.2) is 5.91 Å². The Morgan fingerprint density at radius 2 is 2.05 bits per heavy atom. The van der Waals surface area contributed by atoms with Gasteiger partial charge in [-0.1, -0.05) is 29.8 Å². The second-order valence-electron chi connectivity index (χ2n) is 4.41. The fourth-order valence-electron chi connectivity index (χ4n) is 1.88. The molecule has 0 spiro atoms. The van der Waals surface area contributed by atoms with Crippen LogP contribution >= 0.6 is 11.6 Å². The van der Waals surface area contributed by atoms with Crippen LogP contribution in [0.25, 0.3) is 0 Å². The predicted octanol–water partition coefficient (Wildman–Crippen LogP) is 3.45. The molecule has 0 bridgehead atoms. The van der Waals surface area contributed by atoms with Gasteiger partial charge in [-0.25, -0.2) is 0 Å². The molecule has 0 unspecified atom stereocenters. The first-order valence-electron chi connectivity index (χ1n) is 6.14. The third kappa shape index (κ3) is 3.17. The number of benzene rings is 2. The molecule has 1 N–H and O–H groups in total. The summed E-state index contributed by atoms with van der Waals surface area (Å²) in [4.78, 5) is 12.1. The second kappa shape index (κ2) is 6.23. The van der Waals surface area contributed by atoms with Gasteiger partial charge < -0.3 is 5.32 Å². The van der Waals surface area contributed by atoms with E-state index in [2.05, 4.69) is 11.4 Å². The molecule has 0 aliphatic heterocycles. The number of nitrogens with one attached hydrogen (secondary N) is 1. The Bertz CT molecular complexity index is 689. The molecule has 0 aromatic heterocycles. The molecule has 2 aromatic carbocycles. The highest BCUT2D eigenvalue weighted by atomic mass is 35.5. The van der Waals surface area contributed by atoms with Crippen molar-refractivity contribution in [1.82, 2.24) is 5.32 Å². The molecule has 20 heavy (non-hydrogen) atoms. The van der Waals surface area contributed by atoms with Gasteiger partial charge >= 0.3 is 0 Å². The van der Waals surface area contributed by atoms with Gasteiger partial charge in [-0.05, 0) is 42.3 Å². The van der Waals surface area contributed by atoms with Crippen LogP contribution in [0.2, 0.25) is 5.02 Å². The summed E-state index contributed by atoms with van der Waals surface area (Å²) in [5.41, 5.74) is 2.79. The molecule has 4 heteroatoms. The van der Waals surface area contributed by atoms with E-state index in [1.165, 1.54) is 0 Å². The van der Waals surface area contributed by atoms with Crippen LogP contribution < -0.4 is 5.32 Å². The first-order chi connectivity index (χ1) is 9.61. The largest absolute Gasteiger partial charge is 0.348 e. The zero-order chi connectivity index (χ0) is 14.5. The minimum Gasteiger partial charge on any atom is -0.348 e. The molecule has 0 fully saturated rings. The van der Waals surface area contributed by atoms with Crippen molar-refractivity contribution in [3.8, 4) is 6.07 Å². The average molecular weight is 285 g/mol. The third-order valence-corrected chi connectivity index (χ3v) is 3.43. The lowest BCUT2D eigenvalue weighted by atomic mass is 10.1. The van der Waals surface area contributed by atoms with Crippen LogP contribution in [0.1, 0.15) is 27.0 Å². The van der Waals surface area contributed by atoms with Crippen LogP contribution in [0.15, 0.2) is 42.5 Å². The molecule has 2 rings (SSSR count). The Balaban J connectivity index is 2.09. The van der Waals surface area contributed by atoms with Crippen molar-refractivity contribution >= 4 is 17.5 Å². The summed E-state index contributed by atoms with van der Waals surface area (Å²) in [6, 6.07) is 14.5. The summed E-state index contributed by atoms with van der Waals surface area (Å²) >= 11 is 6.00. The highest BCUT2D eigenvalue weighted by Crippen LogP contribution is 2.18. The predicted molar refractivity (Wildman–Crippen MR) is 78.5 cm³/mol. The van der Waals surface area contributed by atoms with Crippen molar-refractivity contribution in [1.29, 1.82) is 5.26 Å². The molecule has 0 aliphatic rings. The molecule has 0 heterocycles. The molecule has 100 valence electrons. The average Bonchev–Trinajstić information content (AvgIpc) is 2.48. The lowest BCUT2D eigenvalue weighted by Crippen LogP contribution is -2.23. The summed E-state index contributed by atoms with van der Waals surface area (Å²) in [7, 11) is 0. The summed E-state index contributed by atoms with van der Waals surface area (Å²) in [5, 5.41) is 12.2. The van der Waals surface area contributed by atoms with Crippen LogP contribution in [-0.2, 0) is 6.54 Å². The van der Waals surface area contributed by atoms with Crippen LogP contribution in [0.4, 0.5) is 0 Å². The Kier molecular flexibility index (Phi) is 4.39. The van der Waals surface area contributed by atoms with Gasteiger partial charge in [-0.15, -0.1) is 0 Å². The number of halogens is 1. The first kappa shape index (κ1) is 14.1. The van der Waals surface area contributed by atoms with Crippen molar-refractivity contribution in [2.45, 2.75) is 13.5 Å². The molecule has 1 amide bonds. The highest BCUT2D eigenvalue weighted by molar-refractivity contribution is 6.31. The Hall–Kier alpha value is -2.31. The summed E-state index contributed by atoms with van der Waals surface area (Å²) < 4.78 is 0. The minimum atomic E-state index is -0.174. The summed E-state index contributed by atoms with van der Waals surface area (Å²) in [6.07, 6.45) is 0. The molecule has 3 nitrogen and oxygen atoms in total. The van der Waals surface area contributed by atoms with E-state index in [0.717, 1.165) is 11.1 Å². The fourth-order valence-corrected chi connectivity index (χ4v) is 2.06. The number of carbonyl (C=O) groups excluding carboxylic acids is 1. The molecular weight excluding hydrogens is 272 g/mol. The van der Waals surface area contributed by atoms with Gasteiger partial charge in [0.1, 0.15) is 0 Å². The normalized spacial score (nSPS) is 9.85. The van der Waals surface area contributed by atoms with Crippen molar-refractivity contribution in [3.05, 3.63) is 69.7 Å². The molecule has 2 aromatic rings. The van der Waals surface area contributed by atoms with Crippen molar-refractivity contribution in [2.75, 3.05) is 0 Å². The molecule has 0 aliphatic carbocycles.